The number of hydrogen-bond acceptors (Lipinski definition) is 4. The van der Waals surface area contributed by atoms with Crippen molar-refractivity contribution in [3.05, 3.63) is 65.5 Å². The number of ether oxygens (including phenoxy) is 1. The van der Waals surface area contributed by atoms with Gasteiger partial charge in [0, 0.05) is 18.7 Å². The smallest absolute Gasteiger partial charge is 0.341 e. The summed E-state index contributed by atoms with van der Waals surface area (Å²) >= 11 is 0. The average Bonchev–Trinajstić information content (AvgIpc) is 2.69. The summed E-state index contributed by atoms with van der Waals surface area (Å²) in [6.45, 7) is 1.62. The summed E-state index contributed by atoms with van der Waals surface area (Å²) in [5, 5.41) is 11.4. The first kappa shape index (κ1) is 20.9. The van der Waals surface area contributed by atoms with Gasteiger partial charge in [0.1, 0.15) is 11.6 Å². The van der Waals surface area contributed by atoms with Crippen molar-refractivity contribution < 1.29 is 28.6 Å². The summed E-state index contributed by atoms with van der Waals surface area (Å²) in [6.07, 6.45) is 0. The third kappa shape index (κ3) is 6.39. The maximum atomic E-state index is 12.9. The average molecular weight is 388 g/mol. The normalized spacial score (nSPS) is 10.2. The van der Waals surface area contributed by atoms with Gasteiger partial charge in [0.2, 0.25) is 5.91 Å². The Kier molecular flexibility index (Phi) is 7.50. The highest BCUT2D eigenvalue weighted by molar-refractivity contribution is 5.96. The van der Waals surface area contributed by atoms with Gasteiger partial charge in [-0.3, -0.25) is 9.59 Å². The molecular formula is C20H21FN2O5. The summed E-state index contributed by atoms with van der Waals surface area (Å²) < 4.78 is 18.0. The van der Waals surface area contributed by atoms with Crippen LogP contribution in [0.1, 0.15) is 22.8 Å². The molecule has 2 aromatic carbocycles. The Morgan fingerprint density at radius 2 is 1.86 bits per heavy atom. The van der Waals surface area contributed by atoms with Crippen LogP contribution in [0.4, 0.5) is 4.39 Å². The van der Waals surface area contributed by atoms with Crippen molar-refractivity contribution in [1.82, 2.24) is 10.2 Å². The van der Waals surface area contributed by atoms with E-state index in [9.17, 15) is 18.8 Å². The van der Waals surface area contributed by atoms with E-state index in [1.807, 2.05) is 0 Å². The van der Waals surface area contributed by atoms with Gasteiger partial charge in [-0.05, 0) is 42.8 Å². The Bertz CT molecular complexity index is 839. The van der Waals surface area contributed by atoms with Crippen molar-refractivity contribution in [2.24, 2.45) is 0 Å². The number of hydrogen-bond donors (Lipinski definition) is 2. The lowest BCUT2D eigenvalue weighted by Gasteiger charge is -2.20. The highest BCUT2D eigenvalue weighted by Crippen LogP contribution is 2.15. The van der Waals surface area contributed by atoms with E-state index >= 15 is 0 Å². The van der Waals surface area contributed by atoms with Gasteiger partial charge in [-0.25, -0.2) is 9.18 Å². The van der Waals surface area contributed by atoms with Crippen LogP contribution in [0.3, 0.4) is 0 Å². The monoisotopic (exact) mass is 388 g/mol. The molecule has 0 aliphatic heterocycles. The first-order valence-electron chi connectivity index (χ1n) is 8.64. The second kappa shape index (κ2) is 10.1. The van der Waals surface area contributed by atoms with Crippen molar-refractivity contribution in [3.63, 3.8) is 0 Å². The van der Waals surface area contributed by atoms with Crippen LogP contribution in [-0.2, 0) is 16.1 Å². The van der Waals surface area contributed by atoms with Crippen LogP contribution < -0.4 is 10.1 Å². The van der Waals surface area contributed by atoms with E-state index in [2.05, 4.69) is 5.32 Å². The minimum absolute atomic E-state index is 0.142. The molecule has 0 saturated heterocycles. The second-order valence-electron chi connectivity index (χ2n) is 5.93. The van der Waals surface area contributed by atoms with Gasteiger partial charge in [-0.2, -0.15) is 0 Å². The summed E-state index contributed by atoms with van der Waals surface area (Å²) in [6, 6.07) is 11.9. The molecule has 7 nitrogen and oxygen atoms in total. The van der Waals surface area contributed by atoms with Crippen molar-refractivity contribution >= 4 is 17.8 Å². The summed E-state index contributed by atoms with van der Waals surface area (Å²) in [5.74, 6) is -1.94. The standard InChI is InChI=1S/C20H21FN2O5/c1-2-23(12-18(24)22-11-14-6-8-16(21)9-7-14)20(27)15-4-3-5-17(10-15)28-13-19(25)26/h3-10H,2,11-13H2,1H3,(H,22,24)(H,25,26). The molecule has 0 spiro atoms. The van der Waals surface area contributed by atoms with Crippen LogP contribution >= 0.6 is 0 Å². The molecule has 0 unspecified atom stereocenters. The minimum atomic E-state index is -1.12. The predicted octanol–water partition coefficient (Wildman–Crippen LogP) is 2.07. The molecular weight excluding hydrogens is 367 g/mol. The van der Waals surface area contributed by atoms with Crippen molar-refractivity contribution in [2.45, 2.75) is 13.5 Å². The number of benzene rings is 2. The lowest BCUT2D eigenvalue weighted by Crippen LogP contribution is -2.40. The molecule has 0 aromatic heterocycles. The highest BCUT2D eigenvalue weighted by Gasteiger charge is 2.18. The molecule has 0 atom stereocenters. The molecule has 8 heteroatoms. The highest BCUT2D eigenvalue weighted by atomic mass is 19.1. The van der Waals surface area contributed by atoms with Gasteiger partial charge in [0.05, 0.1) is 6.54 Å². The number of carbonyl (C=O) groups is 3. The largest absolute Gasteiger partial charge is 0.482 e. The molecule has 0 saturated carbocycles. The van der Waals surface area contributed by atoms with Crippen LogP contribution in [0.2, 0.25) is 0 Å². The van der Waals surface area contributed by atoms with Crippen LogP contribution in [-0.4, -0.2) is 47.5 Å². The van der Waals surface area contributed by atoms with Gasteiger partial charge < -0.3 is 20.1 Å². The quantitative estimate of drug-likeness (QED) is 0.686. The van der Waals surface area contributed by atoms with E-state index in [0.29, 0.717) is 6.54 Å². The lowest BCUT2D eigenvalue weighted by molar-refractivity contribution is -0.139. The maximum Gasteiger partial charge on any atom is 0.341 e. The molecule has 0 bridgehead atoms. The number of carbonyl (C=O) groups excluding carboxylic acids is 2. The minimum Gasteiger partial charge on any atom is -0.482 e. The van der Waals surface area contributed by atoms with E-state index in [1.165, 1.54) is 23.1 Å². The predicted molar refractivity (Wildman–Crippen MR) is 99.4 cm³/mol. The molecule has 2 aromatic rings. The molecule has 0 heterocycles. The lowest BCUT2D eigenvalue weighted by atomic mass is 10.2. The molecule has 0 aliphatic carbocycles. The first-order chi connectivity index (χ1) is 13.4. The van der Waals surface area contributed by atoms with Gasteiger partial charge in [-0.1, -0.05) is 18.2 Å². The number of rotatable bonds is 9. The number of likely N-dealkylation sites (N-methyl/N-ethyl adjacent to an activating group) is 1. The fraction of sp³-hybridized carbons (Fsp3) is 0.250. The summed E-state index contributed by atoms with van der Waals surface area (Å²) in [5.41, 5.74) is 1.03. The number of nitrogens with zero attached hydrogens (tertiary/aromatic N) is 1. The Morgan fingerprint density at radius 3 is 2.50 bits per heavy atom. The van der Waals surface area contributed by atoms with Crippen LogP contribution in [0, 0.1) is 5.82 Å². The fourth-order valence-electron chi connectivity index (χ4n) is 2.41. The Hall–Kier alpha value is -3.42. The molecule has 2 N–H and O–H groups in total. The zero-order valence-corrected chi connectivity index (χ0v) is 15.4. The van der Waals surface area contributed by atoms with E-state index in [4.69, 9.17) is 9.84 Å². The molecule has 0 radical (unpaired) electrons. The van der Waals surface area contributed by atoms with E-state index in [-0.39, 0.29) is 42.0 Å². The topological polar surface area (TPSA) is 95.9 Å². The van der Waals surface area contributed by atoms with Gasteiger partial charge in [0.15, 0.2) is 6.61 Å². The Balaban J connectivity index is 1.95. The van der Waals surface area contributed by atoms with E-state index in [1.54, 1.807) is 37.3 Å². The van der Waals surface area contributed by atoms with Crippen molar-refractivity contribution in [1.29, 1.82) is 0 Å². The molecule has 0 aliphatic rings. The summed E-state index contributed by atoms with van der Waals surface area (Å²) in [4.78, 5) is 36.8. The molecule has 2 rings (SSSR count). The first-order valence-corrected chi connectivity index (χ1v) is 8.64. The SMILES string of the molecule is CCN(CC(=O)NCc1ccc(F)cc1)C(=O)c1cccc(OCC(=O)O)c1. The Morgan fingerprint density at radius 1 is 1.14 bits per heavy atom. The molecule has 148 valence electrons. The number of carboxylic acids is 1. The number of amides is 2. The van der Waals surface area contributed by atoms with E-state index in [0.717, 1.165) is 5.56 Å². The number of halogens is 1. The summed E-state index contributed by atoms with van der Waals surface area (Å²) in [7, 11) is 0. The fourth-order valence-corrected chi connectivity index (χ4v) is 2.41. The molecule has 0 fully saturated rings. The van der Waals surface area contributed by atoms with Crippen LogP contribution in [0.5, 0.6) is 5.75 Å². The zero-order valence-electron chi connectivity index (χ0n) is 15.4. The number of aliphatic carboxylic acids is 1. The second-order valence-corrected chi connectivity index (χ2v) is 5.93. The zero-order chi connectivity index (χ0) is 20.5. The van der Waals surface area contributed by atoms with Crippen LogP contribution in [0.25, 0.3) is 0 Å². The molecule has 28 heavy (non-hydrogen) atoms. The number of carboxylic acid groups (broad SMARTS) is 1. The van der Waals surface area contributed by atoms with Gasteiger partial charge >= 0.3 is 5.97 Å². The third-order valence-corrected chi connectivity index (χ3v) is 3.85. The number of nitrogens with one attached hydrogen (secondary N) is 1. The van der Waals surface area contributed by atoms with E-state index < -0.39 is 12.6 Å². The third-order valence-electron chi connectivity index (χ3n) is 3.85. The maximum absolute atomic E-state index is 12.9. The Labute approximate surface area is 161 Å². The van der Waals surface area contributed by atoms with Crippen molar-refractivity contribution in [2.75, 3.05) is 19.7 Å². The van der Waals surface area contributed by atoms with Crippen molar-refractivity contribution in [3.8, 4) is 5.75 Å². The van der Waals surface area contributed by atoms with Gasteiger partial charge in [-0.15, -0.1) is 0 Å². The molecule has 2 amide bonds. The van der Waals surface area contributed by atoms with Gasteiger partial charge in [0.25, 0.3) is 5.91 Å². The van der Waals surface area contributed by atoms with Crippen LogP contribution in [0.15, 0.2) is 48.5 Å².